The molecule has 0 heterocycles. The SMILES string of the molecule is C[C@H](CCN(C)[C@H](C)C[S@](C)=O)c1ccccc1. The molecule has 0 fully saturated rings. The molecule has 1 aromatic carbocycles. The van der Waals surface area contributed by atoms with E-state index in [1.807, 2.05) is 0 Å². The van der Waals surface area contributed by atoms with Crippen molar-refractivity contribution in [2.75, 3.05) is 25.6 Å². The maximum Gasteiger partial charge on any atom is 0.0385 e. The van der Waals surface area contributed by atoms with E-state index in [9.17, 15) is 4.21 Å². The fourth-order valence-electron chi connectivity index (χ4n) is 2.03. The van der Waals surface area contributed by atoms with Crippen molar-refractivity contribution < 1.29 is 4.21 Å². The van der Waals surface area contributed by atoms with E-state index in [0.29, 0.717) is 12.0 Å². The Morgan fingerprint density at radius 3 is 2.39 bits per heavy atom. The normalized spacial score (nSPS) is 16.5. The number of hydrogen-bond acceptors (Lipinski definition) is 2. The van der Waals surface area contributed by atoms with Crippen LogP contribution in [0.2, 0.25) is 0 Å². The molecular weight excluding hydrogens is 242 g/mol. The molecule has 0 aliphatic carbocycles. The Kier molecular flexibility index (Phi) is 6.58. The monoisotopic (exact) mass is 267 g/mol. The van der Waals surface area contributed by atoms with Gasteiger partial charge in [0.1, 0.15) is 0 Å². The second-order valence-electron chi connectivity index (χ2n) is 5.17. The van der Waals surface area contributed by atoms with E-state index in [4.69, 9.17) is 0 Å². The quantitative estimate of drug-likeness (QED) is 0.757. The minimum absolute atomic E-state index is 0.388. The molecule has 0 amide bonds. The van der Waals surface area contributed by atoms with Gasteiger partial charge in [0.2, 0.25) is 0 Å². The Bertz CT molecular complexity index is 366. The summed E-state index contributed by atoms with van der Waals surface area (Å²) in [6.07, 6.45) is 2.91. The van der Waals surface area contributed by atoms with Crippen LogP contribution >= 0.6 is 0 Å². The molecule has 0 spiro atoms. The van der Waals surface area contributed by atoms with Crippen molar-refractivity contribution in [3.8, 4) is 0 Å². The Morgan fingerprint density at radius 1 is 1.22 bits per heavy atom. The van der Waals surface area contributed by atoms with Gasteiger partial charge in [0.05, 0.1) is 0 Å². The third-order valence-corrected chi connectivity index (χ3v) is 4.46. The maximum absolute atomic E-state index is 11.2. The zero-order valence-electron chi connectivity index (χ0n) is 11.9. The molecule has 0 aromatic heterocycles. The van der Waals surface area contributed by atoms with Crippen LogP contribution in [0.4, 0.5) is 0 Å². The van der Waals surface area contributed by atoms with Gasteiger partial charge in [-0.1, -0.05) is 37.3 Å². The van der Waals surface area contributed by atoms with Gasteiger partial charge in [-0.05, 0) is 38.4 Å². The number of benzene rings is 1. The number of hydrogen-bond donors (Lipinski definition) is 0. The highest BCUT2D eigenvalue weighted by Gasteiger charge is 2.12. The Morgan fingerprint density at radius 2 is 1.83 bits per heavy atom. The predicted molar refractivity (Wildman–Crippen MR) is 80.5 cm³/mol. The van der Waals surface area contributed by atoms with Crippen molar-refractivity contribution in [2.24, 2.45) is 0 Å². The first-order valence-corrected chi connectivity index (χ1v) is 8.28. The molecule has 18 heavy (non-hydrogen) atoms. The van der Waals surface area contributed by atoms with E-state index >= 15 is 0 Å². The first-order chi connectivity index (χ1) is 8.50. The highest BCUT2D eigenvalue weighted by Crippen LogP contribution is 2.18. The topological polar surface area (TPSA) is 20.3 Å². The van der Waals surface area contributed by atoms with Gasteiger partial charge >= 0.3 is 0 Å². The lowest BCUT2D eigenvalue weighted by Crippen LogP contribution is -2.34. The third kappa shape index (κ3) is 5.32. The van der Waals surface area contributed by atoms with Crippen molar-refractivity contribution in [1.82, 2.24) is 4.90 Å². The minimum Gasteiger partial charge on any atom is -0.303 e. The predicted octanol–water partition coefficient (Wildman–Crippen LogP) is 2.88. The van der Waals surface area contributed by atoms with Gasteiger partial charge in [-0.15, -0.1) is 0 Å². The van der Waals surface area contributed by atoms with Gasteiger partial charge in [-0.3, -0.25) is 4.21 Å². The average Bonchev–Trinajstić information content (AvgIpc) is 2.35. The van der Waals surface area contributed by atoms with Crippen LogP contribution in [0.3, 0.4) is 0 Å². The van der Waals surface area contributed by atoms with E-state index in [0.717, 1.165) is 18.7 Å². The first-order valence-electron chi connectivity index (χ1n) is 6.56. The standard InChI is InChI=1S/C15H25NOS/c1-13(15-8-6-5-7-9-15)10-11-16(3)14(2)12-18(4)17/h5-9,13-14H,10-12H2,1-4H3/t13-,14-,18+/m1/s1. The lowest BCUT2D eigenvalue weighted by atomic mass is 9.97. The lowest BCUT2D eigenvalue weighted by Gasteiger charge is -2.25. The van der Waals surface area contributed by atoms with Crippen LogP contribution < -0.4 is 0 Å². The summed E-state index contributed by atoms with van der Waals surface area (Å²) in [6.45, 7) is 5.47. The average molecular weight is 267 g/mol. The van der Waals surface area contributed by atoms with Crippen LogP contribution in [-0.2, 0) is 10.8 Å². The molecule has 0 saturated carbocycles. The zero-order chi connectivity index (χ0) is 13.5. The highest BCUT2D eigenvalue weighted by atomic mass is 32.2. The summed E-state index contributed by atoms with van der Waals surface area (Å²) in [5.41, 5.74) is 1.40. The van der Waals surface area contributed by atoms with Gasteiger partial charge in [-0.25, -0.2) is 0 Å². The molecule has 2 nitrogen and oxygen atoms in total. The lowest BCUT2D eigenvalue weighted by molar-refractivity contribution is 0.267. The summed E-state index contributed by atoms with van der Waals surface area (Å²) in [6, 6.07) is 11.0. The molecule has 0 aliphatic rings. The van der Waals surface area contributed by atoms with E-state index in [-0.39, 0.29) is 0 Å². The summed E-state index contributed by atoms with van der Waals surface area (Å²) in [5, 5.41) is 0. The second kappa shape index (κ2) is 7.70. The minimum atomic E-state index is -0.708. The summed E-state index contributed by atoms with van der Waals surface area (Å²) < 4.78 is 11.2. The molecule has 0 unspecified atom stereocenters. The Labute approximate surface area is 114 Å². The molecule has 102 valence electrons. The van der Waals surface area contributed by atoms with Crippen molar-refractivity contribution in [3.05, 3.63) is 35.9 Å². The Balaban J connectivity index is 2.38. The fraction of sp³-hybridized carbons (Fsp3) is 0.600. The fourth-order valence-corrected chi connectivity index (χ4v) is 2.97. The van der Waals surface area contributed by atoms with E-state index in [1.165, 1.54) is 5.56 Å². The van der Waals surface area contributed by atoms with Crippen molar-refractivity contribution in [1.29, 1.82) is 0 Å². The van der Waals surface area contributed by atoms with Crippen LogP contribution in [0.25, 0.3) is 0 Å². The smallest absolute Gasteiger partial charge is 0.0385 e. The molecule has 3 heteroatoms. The van der Waals surface area contributed by atoms with E-state index in [1.54, 1.807) is 6.26 Å². The van der Waals surface area contributed by atoms with E-state index < -0.39 is 10.8 Å². The molecule has 1 aromatic rings. The summed E-state index contributed by atoms with van der Waals surface area (Å²) >= 11 is 0. The second-order valence-corrected chi connectivity index (χ2v) is 6.65. The molecule has 0 bridgehead atoms. The van der Waals surface area contributed by atoms with Crippen molar-refractivity contribution in [3.63, 3.8) is 0 Å². The number of nitrogens with zero attached hydrogens (tertiary/aromatic N) is 1. The maximum atomic E-state index is 11.2. The van der Waals surface area contributed by atoms with Crippen LogP contribution in [0.1, 0.15) is 31.7 Å². The third-order valence-electron chi connectivity index (χ3n) is 3.51. The van der Waals surface area contributed by atoms with E-state index in [2.05, 4.69) is 56.1 Å². The van der Waals surface area contributed by atoms with Gasteiger partial charge < -0.3 is 4.90 Å². The molecule has 0 aliphatic heterocycles. The molecule has 1 rings (SSSR count). The van der Waals surface area contributed by atoms with Crippen molar-refractivity contribution in [2.45, 2.75) is 32.2 Å². The van der Waals surface area contributed by atoms with Gasteiger partial charge in [0.25, 0.3) is 0 Å². The summed E-state index contributed by atoms with van der Waals surface area (Å²) in [7, 11) is 1.41. The molecule has 0 saturated heterocycles. The number of rotatable bonds is 7. The van der Waals surface area contributed by atoms with Crippen LogP contribution in [-0.4, -0.2) is 40.8 Å². The van der Waals surface area contributed by atoms with Crippen LogP contribution in [0.5, 0.6) is 0 Å². The van der Waals surface area contributed by atoms with Gasteiger partial charge in [0, 0.05) is 28.9 Å². The molecule has 3 atom stereocenters. The highest BCUT2D eigenvalue weighted by molar-refractivity contribution is 7.84. The molecular formula is C15H25NOS. The van der Waals surface area contributed by atoms with Crippen LogP contribution in [0.15, 0.2) is 30.3 Å². The zero-order valence-corrected chi connectivity index (χ0v) is 12.7. The Hall–Kier alpha value is -0.670. The van der Waals surface area contributed by atoms with Gasteiger partial charge in [-0.2, -0.15) is 0 Å². The first kappa shape index (κ1) is 15.4. The van der Waals surface area contributed by atoms with Crippen LogP contribution in [0, 0.1) is 0 Å². The van der Waals surface area contributed by atoms with Crippen molar-refractivity contribution >= 4 is 10.8 Å². The largest absolute Gasteiger partial charge is 0.303 e. The molecule has 0 radical (unpaired) electrons. The summed E-state index contributed by atoms with van der Waals surface area (Å²) in [4.78, 5) is 2.31. The molecule has 0 N–H and O–H groups in total. The van der Waals surface area contributed by atoms with Gasteiger partial charge in [0.15, 0.2) is 0 Å². The summed E-state index contributed by atoms with van der Waals surface area (Å²) in [5.74, 6) is 1.34.